The van der Waals surface area contributed by atoms with Crippen LogP contribution in [0.1, 0.15) is 19.3 Å². The van der Waals surface area contributed by atoms with Crippen molar-refractivity contribution in [3.63, 3.8) is 0 Å². The van der Waals surface area contributed by atoms with Gasteiger partial charge in [0.2, 0.25) is 0 Å². The quantitative estimate of drug-likeness (QED) is 0.705. The number of nitrogens with one attached hydrogen (secondary N) is 1. The molecule has 6 heteroatoms. The highest BCUT2D eigenvalue weighted by molar-refractivity contribution is 6.30. The fraction of sp³-hybridized carbons (Fsp3) is 0.429. The molecule has 3 unspecified atom stereocenters. The fourth-order valence-corrected chi connectivity index (χ4v) is 4.39. The molecule has 2 bridgehead atoms. The number of hydrogen-bond acceptors (Lipinski definition) is 2. The van der Waals surface area contributed by atoms with Crippen molar-refractivity contribution in [1.82, 2.24) is 14.5 Å². The van der Waals surface area contributed by atoms with Crippen molar-refractivity contribution in [2.75, 3.05) is 18.4 Å². The maximum absolute atomic E-state index is 12.9. The Bertz CT molecular complexity index is 787. The number of amides is 2. The molecule has 0 radical (unpaired) electrons. The number of carbonyl (C=O) groups is 1. The number of hydrogen-bond donors (Lipinski definition) is 1. The summed E-state index contributed by atoms with van der Waals surface area (Å²) in [5.41, 5.74) is 0.775. The zero-order chi connectivity index (χ0) is 18.6. The Morgan fingerprint density at radius 1 is 1.26 bits per heavy atom. The average Bonchev–Trinajstić information content (AvgIpc) is 3.41. The monoisotopic (exact) mass is 384 g/mol. The van der Waals surface area contributed by atoms with Crippen molar-refractivity contribution in [3.05, 3.63) is 60.2 Å². The van der Waals surface area contributed by atoms with Crippen molar-refractivity contribution >= 4 is 23.3 Å². The molecule has 1 saturated carbocycles. The van der Waals surface area contributed by atoms with Gasteiger partial charge in [-0.05, 0) is 61.3 Å². The Morgan fingerprint density at radius 3 is 2.78 bits per heavy atom. The van der Waals surface area contributed by atoms with Gasteiger partial charge in [-0.2, -0.15) is 0 Å². The van der Waals surface area contributed by atoms with Crippen LogP contribution in [-0.4, -0.2) is 33.6 Å². The molecule has 3 atom stereocenters. The number of anilines is 1. The molecule has 1 fully saturated rings. The predicted octanol–water partition coefficient (Wildman–Crippen LogP) is 4.67. The Hall–Kier alpha value is -2.27. The molecule has 0 saturated heterocycles. The van der Waals surface area contributed by atoms with E-state index in [0.717, 1.165) is 31.7 Å². The molecule has 0 spiro atoms. The molecule has 2 aliphatic rings. The largest absolute Gasteiger partial charge is 0.337 e. The molecule has 2 amide bonds. The lowest BCUT2D eigenvalue weighted by Gasteiger charge is -2.29. The molecule has 1 heterocycles. The number of fused-ring (bicyclic) bond motifs is 2. The molecule has 0 aliphatic heterocycles. The van der Waals surface area contributed by atoms with Gasteiger partial charge in [0.25, 0.3) is 0 Å². The number of halogens is 1. The Labute approximate surface area is 165 Å². The zero-order valence-electron chi connectivity index (χ0n) is 15.3. The van der Waals surface area contributed by atoms with Crippen molar-refractivity contribution < 1.29 is 4.79 Å². The van der Waals surface area contributed by atoms with Gasteiger partial charge in [-0.3, -0.25) is 0 Å². The predicted molar refractivity (Wildman–Crippen MR) is 108 cm³/mol. The van der Waals surface area contributed by atoms with E-state index in [9.17, 15) is 4.79 Å². The molecule has 2 aliphatic carbocycles. The minimum atomic E-state index is -0.0327. The van der Waals surface area contributed by atoms with Gasteiger partial charge in [0.05, 0.1) is 6.33 Å². The summed E-state index contributed by atoms with van der Waals surface area (Å²) in [6.45, 7) is 2.41. The Balaban J connectivity index is 1.38. The molecule has 2 aromatic rings. The van der Waals surface area contributed by atoms with Gasteiger partial charge < -0.3 is 14.8 Å². The van der Waals surface area contributed by atoms with Gasteiger partial charge in [-0.15, -0.1) is 0 Å². The summed E-state index contributed by atoms with van der Waals surface area (Å²) in [5.74, 6) is 1.92. The highest BCUT2D eigenvalue weighted by Gasteiger charge is 2.37. The van der Waals surface area contributed by atoms with E-state index in [4.69, 9.17) is 11.6 Å². The third-order valence-corrected chi connectivity index (χ3v) is 5.91. The second-order valence-electron chi connectivity index (χ2n) is 7.58. The second-order valence-corrected chi connectivity index (χ2v) is 8.01. The molecule has 27 heavy (non-hydrogen) atoms. The molecule has 1 aromatic heterocycles. The lowest BCUT2D eigenvalue weighted by atomic mass is 9.93. The number of nitrogens with zero attached hydrogens (tertiary/aromatic N) is 3. The lowest BCUT2D eigenvalue weighted by molar-refractivity contribution is 0.193. The topological polar surface area (TPSA) is 50.2 Å². The number of rotatable bonds is 7. The zero-order valence-corrected chi connectivity index (χ0v) is 16.1. The first-order valence-electron chi connectivity index (χ1n) is 9.63. The summed E-state index contributed by atoms with van der Waals surface area (Å²) >= 11 is 5.94. The highest BCUT2D eigenvalue weighted by atomic mass is 35.5. The van der Waals surface area contributed by atoms with Crippen LogP contribution in [-0.2, 0) is 6.54 Å². The number of aromatic nitrogens is 2. The third-order valence-electron chi connectivity index (χ3n) is 5.66. The van der Waals surface area contributed by atoms with Crippen LogP contribution >= 0.6 is 11.6 Å². The molecule has 1 aromatic carbocycles. The van der Waals surface area contributed by atoms with Crippen LogP contribution < -0.4 is 5.32 Å². The summed E-state index contributed by atoms with van der Waals surface area (Å²) in [4.78, 5) is 19.0. The second kappa shape index (κ2) is 8.17. The van der Waals surface area contributed by atoms with E-state index in [2.05, 4.69) is 27.0 Å². The van der Waals surface area contributed by atoms with E-state index in [1.807, 2.05) is 29.6 Å². The van der Waals surface area contributed by atoms with Gasteiger partial charge in [0.1, 0.15) is 0 Å². The number of allylic oxidation sites excluding steroid dienone is 2. The van der Waals surface area contributed by atoms with Crippen molar-refractivity contribution in [2.45, 2.75) is 25.8 Å². The normalized spacial score (nSPS) is 22.9. The number of imidazole rings is 1. The van der Waals surface area contributed by atoms with E-state index in [1.54, 1.807) is 18.3 Å². The van der Waals surface area contributed by atoms with Gasteiger partial charge in [0.15, 0.2) is 0 Å². The van der Waals surface area contributed by atoms with E-state index in [0.29, 0.717) is 22.8 Å². The summed E-state index contributed by atoms with van der Waals surface area (Å²) < 4.78 is 2.05. The van der Waals surface area contributed by atoms with Crippen LogP contribution in [0, 0.1) is 17.8 Å². The Kier molecular flexibility index (Phi) is 5.48. The van der Waals surface area contributed by atoms with Gasteiger partial charge in [-0.1, -0.05) is 23.8 Å². The first-order valence-corrected chi connectivity index (χ1v) is 10.0. The van der Waals surface area contributed by atoms with Crippen LogP contribution in [0.4, 0.5) is 10.5 Å². The van der Waals surface area contributed by atoms with Crippen LogP contribution in [0.2, 0.25) is 5.02 Å². The average molecular weight is 385 g/mol. The summed E-state index contributed by atoms with van der Waals surface area (Å²) in [6, 6.07) is 7.23. The number of urea groups is 1. The van der Waals surface area contributed by atoms with Gasteiger partial charge in [-0.25, -0.2) is 9.78 Å². The van der Waals surface area contributed by atoms with Crippen LogP contribution in [0.3, 0.4) is 0 Å². The lowest BCUT2D eigenvalue weighted by Crippen LogP contribution is -2.40. The minimum Gasteiger partial charge on any atom is -0.337 e. The van der Waals surface area contributed by atoms with Gasteiger partial charge >= 0.3 is 6.03 Å². The van der Waals surface area contributed by atoms with Crippen LogP contribution in [0.25, 0.3) is 0 Å². The number of carbonyl (C=O) groups excluding carboxylic acids is 1. The number of benzene rings is 1. The van der Waals surface area contributed by atoms with E-state index in [1.165, 1.54) is 12.8 Å². The van der Waals surface area contributed by atoms with Crippen molar-refractivity contribution in [1.29, 1.82) is 0 Å². The molecular formula is C21H25ClN4O. The fourth-order valence-electron chi connectivity index (χ4n) is 4.26. The van der Waals surface area contributed by atoms with Crippen molar-refractivity contribution in [3.8, 4) is 0 Å². The Morgan fingerprint density at radius 2 is 2.11 bits per heavy atom. The van der Waals surface area contributed by atoms with E-state index >= 15 is 0 Å². The molecular weight excluding hydrogens is 360 g/mol. The van der Waals surface area contributed by atoms with E-state index < -0.39 is 0 Å². The van der Waals surface area contributed by atoms with Crippen LogP contribution in [0.5, 0.6) is 0 Å². The van der Waals surface area contributed by atoms with Crippen molar-refractivity contribution in [2.24, 2.45) is 17.8 Å². The van der Waals surface area contributed by atoms with E-state index in [-0.39, 0.29) is 6.03 Å². The summed E-state index contributed by atoms with van der Waals surface area (Å²) in [7, 11) is 0. The minimum absolute atomic E-state index is 0.0327. The smallest absolute Gasteiger partial charge is 0.321 e. The number of aryl methyl sites for hydroxylation is 1. The molecule has 142 valence electrons. The molecule has 5 nitrogen and oxygen atoms in total. The maximum Gasteiger partial charge on any atom is 0.321 e. The summed E-state index contributed by atoms with van der Waals surface area (Å²) in [5, 5.41) is 3.69. The van der Waals surface area contributed by atoms with Gasteiger partial charge in [0, 0.05) is 42.7 Å². The van der Waals surface area contributed by atoms with Crippen LogP contribution in [0.15, 0.2) is 55.1 Å². The third kappa shape index (κ3) is 4.53. The maximum atomic E-state index is 12.9. The highest BCUT2D eigenvalue weighted by Crippen LogP contribution is 2.43. The SMILES string of the molecule is O=C(Nc1ccc(Cl)cc1)N(CCCn1ccnc1)CC1CC2C=CC1C2. The first-order chi connectivity index (χ1) is 13.2. The molecule has 1 N–H and O–H groups in total. The summed E-state index contributed by atoms with van der Waals surface area (Å²) in [6.07, 6.45) is 13.6. The molecule has 4 rings (SSSR count). The standard InChI is InChI=1S/C21H25ClN4O/c22-19-4-6-20(7-5-19)24-21(27)26(10-1-9-25-11-8-23-15-25)14-18-13-16-2-3-17(18)12-16/h2-8,11,15-18H,1,9-10,12-14H2,(H,24,27). The first kappa shape index (κ1) is 18.1.